The third-order valence-electron chi connectivity index (χ3n) is 1.55. The number of nitrogens with two attached hydrogens (primary N) is 2. The molecule has 0 aliphatic rings. The lowest BCUT2D eigenvalue weighted by atomic mass is 10.2. The smallest absolute Gasteiger partial charge is 0.251 e. The Hall–Kier alpha value is -1.29. The van der Waals surface area contributed by atoms with Crippen LogP contribution in [0, 0.1) is 6.92 Å². The number of hydrogen-bond donors (Lipinski definition) is 2. The largest absolute Gasteiger partial charge is 0.383 e. The molecule has 0 radical (unpaired) electrons. The van der Waals surface area contributed by atoms with Crippen molar-refractivity contribution >= 4 is 23.3 Å². The molecule has 1 amide bonds. The van der Waals surface area contributed by atoms with Gasteiger partial charge < -0.3 is 11.5 Å². The van der Waals surface area contributed by atoms with Crippen molar-refractivity contribution in [3.05, 3.63) is 22.3 Å². The Morgan fingerprint density at radius 3 is 2.75 bits per heavy atom. The molecule has 1 rings (SSSR count). The zero-order valence-electron chi connectivity index (χ0n) is 6.47. The molecule has 0 bridgehead atoms. The van der Waals surface area contributed by atoms with Gasteiger partial charge in [0.05, 0.1) is 10.6 Å². The quantitative estimate of drug-likeness (QED) is 0.677. The van der Waals surface area contributed by atoms with E-state index in [0.29, 0.717) is 11.4 Å². The molecule has 1 aromatic heterocycles. The fourth-order valence-corrected chi connectivity index (χ4v) is 1.01. The zero-order chi connectivity index (χ0) is 9.30. The van der Waals surface area contributed by atoms with Crippen molar-refractivity contribution in [2.75, 3.05) is 5.73 Å². The number of aromatic nitrogens is 1. The summed E-state index contributed by atoms with van der Waals surface area (Å²) in [6.45, 7) is 1.68. The minimum atomic E-state index is -0.601. The standard InChI is InChI=1S/C7H8ClN3O/c1-3-5(8)4(7(10)12)2-11-6(3)9/h2H,1H3,(H2,9,11)(H2,10,12). The van der Waals surface area contributed by atoms with E-state index >= 15 is 0 Å². The molecule has 1 aromatic rings. The summed E-state index contributed by atoms with van der Waals surface area (Å²) < 4.78 is 0. The Morgan fingerprint density at radius 2 is 2.25 bits per heavy atom. The minimum absolute atomic E-state index is 0.198. The molecule has 0 aliphatic carbocycles. The summed E-state index contributed by atoms with van der Waals surface area (Å²) in [5, 5.41) is 0.273. The van der Waals surface area contributed by atoms with Crippen LogP contribution in [-0.2, 0) is 0 Å². The number of hydrogen-bond acceptors (Lipinski definition) is 3. The number of halogens is 1. The van der Waals surface area contributed by atoms with Crippen molar-refractivity contribution in [2.24, 2.45) is 5.73 Å². The zero-order valence-corrected chi connectivity index (χ0v) is 7.22. The maximum atomic E-state index is 10.7. The topological polar surface area (TPSA) is 82.0 Å². The number of carbonyl (C=O) groups is 1. The summed E-state index contributed by atoms with van der Waals surface area (Å²) in [5.41, 5.74) is 11.2. The van der Waals surface area contributed by atoms with Crippen molar-refractivity contribution in [3.8, 4) is 0 Å². The molecule has 5 heteroatoms. The van der Waals surface area contributed by atoms with Crippen LogP contribution in [0.1, 0.15) is 15.9 Å². The summed E-state index contributed by atoms with van der Waals surface area (Å²) in [6.07, 6.45) is 1.27. The number of primary amides is 1. The van der Waals surface area contributed by atoms with Crippen LogP contribution < -0.4 is 11.5 Å². The van der Waals surface area contributed by atoms with E-state index < -0.39 is 5.91 Å². The molecule has 0 atom stereocenters. The summed E-state index contributed by atoms with van der Waals surface area (Å²) in [6, 6.07) is 0. The lowest BCUT2D eigenvalue weighted by Gasteiger charge is -2.04. The average molecular weight is 186 g/mol. The normalized spacial score (nSPS) is 9.83. The van der Waals surface area contributed by atoms with Gasteiger partial charge in [0.2, 0.25) is 0 Å². The van der Waals surface area contributed by atoms with E-state index in [2.05, 4.69) is 4.98 Å². The van der Waals surface area contributed by atoms with E-state index in [1.54, 1.807) is 6.92 Å². The highest BCUT2D eigenvalue weighted by atomic mass is 35.5. The summed E-state index contributed by atoms with van der Waals surface area (Å²) in [4.78, 5) is 14.5. The van der Waals surface area contributed by atoms with Gasteiger partial charge in [-0.3, -0.25) is 4.79 Å². The number of nitrogen functional groups attached to an aromatic ring is 1. The molecule has 0 saturated heterocycles. The van der Waals surface area contributed by atoms with Crippen LogP contribution in [0.15, 0.2) is 6.20 Å². The maximum absolute atomic E-state index is 10.7. The van der Waals surface area contributed by atoms with Gasteiger partial charge in [-0.15, -0.1) is 0 Å². The third-order valence-corrected chi connectivity index (χ3v) is 2.04. The second-order valence-electron chi connectivity index (χ2n) is 2.36. The number of pyridine rings is 1. The summed E-state index contributed by atoms with van der Waals surface area (Å²) in [5.74, 6) is -0.291. The van der Waals surface area contributed by atoms with E-state index in [1.807, 2.05) is 0 Å². The first-order valence-corrected chi connectivity index (χ1v) is 3.62. The number of rotatable bonds is 1. The van der Waals surface area contributed by atoms with Gasteiger partial charge in [0.15, 0.2) is 0 Å². The van der Waals surface area contributed by atoms with Gasteiger partial charge in [0.25, 0.3) is 5.91 Å². The summed E-state index contributed by atoms with van der Waals surface area (Å²) in [7, 11) is 0. The van der Waals surface area contributed by atoms with Gasteiger partial charge in [-0.25, -0.2) is 4.98 Å². The Bertz CT molecular complexity index is 338. The first-order valence-electron chi connectivity index (χ1n) is 3.24. The number of anilines is 1. The Kier molecular flexibility index (Phi) is 2.19. The van der Waals surface area contributed by atoms with Crippen molar-refractivity contribution in [1.29, 1.82) is 0 Å². The van der Waals surface area contributed by atoms with Gasteiger partial charge in [0.1, 0.15) is 5.82 Å². The molecule has 0 aromatic carbocycles. The molecule has 0 spiro atoms. The Labute approximate surface area is 74.5 Å². The highest BCUT2D eigenvalue weighted by Gasteiger charge is 2.10. The van der Waals surface area contributed by atoms with Crippen LogP contribution in [0.4, 0.5) is 5.82 Å². The molecule has 0 aliphatic heterocycles. The average Bonchev–Trinajstić information content (AvgIpc) is 2.00. The molecule has 4 N–H and O–H groups in total. The second kappa shape index (κ2) is 2.98. The first-order chi connectivity index (χ1) is 5.54. The van der Waals surface area contributed by atoms with E-state index in [4.69, 9.17) is 23.1 Å². The molecule has 4 nitrogen and oxygen atoms in total. The fourth-order valence-electron chi connectivity index (χ4n) is 0.774. The third kappa shape index (κ3) is 1.33. The van der Waals surface area contributed by atoms with Crippen LogP contribution in [-0.4, -0.2) is 10.9 Å². The fraction of sp³-hybridized carbons (Fsp3) is 0.143. The highest BCUT2D eigenvalue weighted by Crippen LogP contribution is 2.22. The molecular weight excluding hydrogens is 178 g/mol. The van der Waals surface area contributed by atoms with Crippen LogP contribution in [0.25, 0.3) is 0 Å². The first kappa shape index (κ1) is 8.80. The van der Waals surface area contributed by atoms with Crippen LogP contribution in [0.2, 0.25) is 5.02 Å². The summed E-state index contributed by atoms with van der Waals surface area (Å²) >= 11 is 5.77. The van der Waals surface area contributed by atoms with Gasteiger partial charge in [0, 0.05) is 11.8 Å². The highest BCUT2D eigenvalue weighted by molar-refractivity contribution is 6.34. The van der Waals surface area contributed by atoms with Gasteiger partial charge in [-0.05, 0) is 6.92 Å². The predicted molar refractivity (Wildman–Crippen MR) is 46.9 cm³/mol. The SMILES string of the molecule is Cc1c(N)ncc(C(N)=O)c1Cl. The van der Waals surface area contributed by atoms with E-state index in [9.17, 15) is 4.79 Å². The molecule has 12 heavy (non-hydrogen) atoms. The van der Waals surface area contributed by atoms with Crippen LogP contribution in [0.5, 0.6) is 0 Å². The molecular formula is C7H8ClN3O. The van der Waals surface area contributed by atoms with E-state index in [1.165, 1.54) is 6.20 Å². The minimum Gasteiger partial charge on any atom is -0.383 e. The van der Waals surface area contributed by atoms with Crippen LogP contribution in [0.3, 0.4) is 0 Å². The van der Waals surface area contributed by atoms with Gasteiger partial charge in [-0.2, -0.15) is 0 Å². The van der Waals surface area contributed by atoms with Gasteiger partial charge >= 0.3 is 0 Å². The lowest BCUT2D eigenvalue weighted by molar-refractivity contribution is 0.1000. The van der Waals surface area contributed by atoms with Crippen molar-refractivity contribution in [2.45, 2.75) is 6.92 Å². The molecule has 0 saturated carbocycles. The van der Waals surface area contributed by atoms with Crippen molar-refractivity contribution in [3.63, 3.8) is 0 Å². The van der Waals surface area contributed by atoms with E-state index in [-0.39, 0.29) is 10.6 Å². The second-order valence-corrected chi connectivity index (χ2v) is 2.74. The lowest BCUT2D eigenvalue weighted by Crippen LogP contribution is -2.13. The number of amides is 1. The van der Waals surface area contributed by atoms with Crippen LogP contribution >= 0.6 is 11.6 Å². The molecule has 64 valence electrons. The monoisotopic (exact) mass is 185 g/mol. The van der Waals surface area contributed by atoms with Crippen molar-refractivity contribution in [1.82, 2.24) is 4.98 Å². The number of carbonyl (C=O) groups excluding carboxylic acids is 1. The van der Waals surface area contributed by atoms with Gasteiger partial charge in [-0.1, -0.05) is 11.6 Å². The molecule has 0 fully saturated rings. The Morgan fingerprint density at radius 1 is 1.67 bits per heavy atom. The molecule has 0 unspecified atom stereocenters. The Balaban J connectivity index is 3.36. The predicted octanol–water partition coefficient (Wildman–Crippen LogP) is 0.725. The van der Waals surface area contributed by atoms with E-state index in [0.717, 1.165) is 0 Å². The number of nitrogens with zero attached hydrogens (tertiary/aromatic N) is 1. The molecule has 1 heterocycles. The van der Waals surface area contributed by atoms with Crippen molar-refractivity contribution < 1.29 is 4.79 Å². The maximum Gasteiger partial charge on any atom is 0.251 e.